The van der Waals surface area contributed by atoms with Gasteiger partial charge in [-0.3, -0.25) is 14.3 Å². The number of ether oxygens (including phenoxy) is 1. The number of carbonyl (C=O) groups is 1. The van der Waals surface area contributed by atoms with E-state index in [0.29, 0.717) is 18.9 Å². The van der Waals surface area contributed by atoms with E-state index in [9.17, 15) is 9.59 Å². The molecule has 4 aromatic rings. The van der Waals surface area contributed by atoms with E-state index >= 15 is 0 Å². The lowest BCUT2D eigenvalue weighted by Crippen LogP contribution is -2.47. The molecule has 1 unspecified atom stereocenters. The molecule has 9 nitrogen and oxygen atoms in total. The standard InChI is InChI=1S/C35H44N6O3/c1-3-5-15-30-29(24-25-17-19-26(20-18-25)27-13-8-9-14-28(27)32-36-38-39-37-32)33(42)41-31(16-12-23-40(30)41)35(34(43)44-4-2)21-10-6-7-11-22-35/h8-9,13-14,17-20,31H,3-7,10-12,15-16,21-24H2,1-2H3,(H,36,37,38,39). The summed E-state index contributed by atoms with van der Waals surface area (Å²) in [6.07, 6.45) is 11.2. The SMILES string of the molecule is CCCCc1c(Cc2ccc(-c3ccccc3-c3nn[nH]n3)cc2)c(=O)n2n1CCCC2C1(C(=O)OCC)CCCCCC1. The third kappa shape index (κ3) is 5.64. The van der Waals surface area contributed by atoms with Gasteiger partial charge in [0.15, 0.2) is 0 Å². The number of unbranched alkanes of at least 4 members (excludes halogenated alkanes) is 1. The van der Waals surface area contributed by atoms with E-state index in [1.165, 1.54) is 0 Å². The van der Waals surface area contributed by atoms with E-state index in [2.05, 4.69) is 62.6 Å². The molecule has 232 valence electrons. The van der Waals surface area contributed by atoms with Gasteiger partial charge in [-0.25, -0.2) is 4.68 Å². The highest BCUT2D eigenvalue weighted by Crippen LogP contribution is 2.48. The molecule has 6 rings (SSSR count). The number of aromatic amines is 1. The number of fused-ring (bicyclic) bond motifs is 1. The summed E-state index contributed by atoms with van der Waals surface area (Å²) < 4.78 is 10.0. The van der Waals surface area contributed by atoms with Crippen LogP contribution in [0.3, 0.4) is 0 Å². The molecule has 1 saturated carbocycles. The third-order valence-corrected chi connectivity index (χ3v) is 9.77. The number of hydrogen-bond acceptors (Lipinski definition) is 6. The van der Waals surface area contributed by atoms with Crippen LogP contribution in [0.4, 0.5) is 0 Å². The van der Waals surface area contributed by atoms with E-state index in [4.69, 9.17) is 4.74 Å². The maximum Gasteiger partial charge on any atom is 0.314 e. The molecular formula is C35H44N6O3. The number of nitrogens with zero attached hydrogens (tertiary/aromatic N) is 5. The first-order valence-electron chi connectivity index (χ1n) is 16.5. The summed E-state index contributed by atoms with van der Waals surface area (Å²) in [4.78, 5) is 28.2. The second-order valence-electron chi connectivity index (χ2n) is 12.4. The van der Waals surface area contributed by atoms with Gasteiger partial charge in [-0.1, -0.05) is 87.6 Å². The van der Waals surface area contributed by atoms with Gasteiger partial charge < -0.3 is 4.74 Å². The Morgan fingerprint density at radius 2 is 1.75 bits per heavy atom. The molecule has 0 bridgehead atoms. The normalized spacial score (nSPS) is 18.0. The zero-order chi connectivity index (χ0) is 30.5. The van der Waals surface area contributed by atoms with Crippen molar-refractivity contribution in [1.82, 2.24) is 30.0 Å². The quantitative estimate of drug-likeness (QED) is 0.162. The van der Waals surface area contributed by atoms with Crippen LogP contribution in [0.5, 0.6) is 0 Å². The summed E-state index contributed by atoms with van der Waals surface area (Å²) in [7, 11) is 0. The van der Waals surface area contributed by atoms with E-state index < -0.39 is 5.41 Å². The summed E-state index contributed by atoms with van der Waals surface area (Å²) in [6.45, 7) is 5.26. The van der Waals surface area contributed by atoms with Gasteiger partial charge in [0.25, 0.3) is 5.56 Å². The maximum absolute atomic E-state index is 14.5. The van der Waals surface area contributed by atoms with E-state index in [1.807, 2.05) is 29.8 Å². The smallest absolute Gasteiger partial charge is 0.314 e. The van der Waals surface area contributed by atoms with Crippen molar-refractivity contribution in [3.05, 3.63) is 75.7 Å². The number of H-pyrrole nitrogens is 1. The Labute approximate surface area is 259 Å². The van der Waals surface area contributed by atoms with Crippen LogP contribution < -0.4 is 5.56 Å². The summed E-state index contributed by atoms with van der Waals surface area (Å²) in [5, 5.41) is 14.6. The first kappa shape index (κ1) is 30.0. The fourth-order valence-electron chi connectivity index (χ4n) is 7.60. The van der Waals surface area contributed by atoms with Gasteiger partial charge in [0.2, 0.25) is 5.82 Å². The molecule has 44 heavy (non-hydrogen) atoms. The second-order valence-corrected chi connectivity index (χ2v) is 12.4. The van der Waals surface area contributed by atoms with Crippen LogP contribution in [0, 0.1) is 5.41 Å². The topological polar surface area (TPSA) is 108 Å². The molecule has 2 aliphatic rings. The first-order valence-corrected chi connectivity index (χ1v) is 16.5. The van der Waals surface area contributed by atoms with Crippen LogP contribution in [-0.4, -0.2) is 42.6 Å². The first-order chi connectivity index (χ1) is 21.6. The maximum atomic E-state index is 14.5. The van der Waals surface area contributed by atoms with E-state index in [1.54, 1.807) is 0 Å². The molecule has 3 heterocycles. The average molecular weight is 597 g/mol. The van der Waals surface area contributed by atoms with Crippen LogP contribution in [0.2, 0.25) is 0 Å². The number of aromatic nitrogens is 6. The number of hydrogen-bond donors (Lipinski definition) is 1. The highest BCUT2D eigenvalue weighted by Gasteiger charge is 2.50. The zero-order valence-electron chi connectivity index (χ0n) is 26.1. The Kier molecular flexibility index (Phi) is 9.09. The van der Waals surface area contributed by atoms with Crippen molar-refractivity contribution in [3.63, 3.8) is 0 Å². The second kappa shape index (κ2) is 13.3. The van der Waals surface area contributed by atoms with Gasteiger partial charge in [0.05, 0.1) is 18.1 Å². The van der Waals surface area contributed by atoms with Crippen LogP contribution in [0.1, 0.15) is 101 Å². The Bertz CT molecular complexity index is 1610. The van der Waals surface area contributed by atoms with Crippen LogP contribution in [0.15, 0.2) is 53.3 Å². The van der Waals surface area contributed by atoms with Gasteiger partial charge in [-0.05, 0) is 67.4 Å². The van der Waals surface area contributed by atoms with Crippen LogP contribution in [-0.2, 0) is 28.9 Å². The molecule has 0 spiro atoms. The highest BCUT2D eigenvalue weighted by molar-refractivity contribution is 5.80. The molecule has 1 atom stereocenters. The molecule has 1 fully saturated rings. The predicted molar refractivity (Wildman–Crippen MR) is 170 cm³/mol. The molecule has 2 aromatic heterocycles. The lowest BCUT2D eigenvalue weighted by Gasteiger charge is -2.41. The minimum Gasteiger partial charge on any atom is -0.466 e. The summed E-state index contributed by atoms with van der Waals surface area (Å²) in [6, 6.07) is 16.3. The number of nitrogens with one attached hydrogen (secondary N) is 1. The van der Waals surface area contributed by atoms with Crippen molar-refractivity contribution >= 4 is 5.97 Å². The summed E-state index contributed by atoms with van der Waals surface area (Å²) >= 11 is 0. The van der Waals surface area contributed by atoms with Crippen LogP contribution in [0.25, 0.3) is 22.5 Å². The fraction of sp³-hybridized carbons (Fsp3) is 0.514. The molecule has 1 N–H and O–H groups in total. The predicted octanol–water partition coefficient (Wildman–Crippen LogP) is 6.67. The highest BCUT2D eigenvalue weighted by atomic mass is 16.5. The molecule has 0 saturated heterocycles. The number of esters is 1. The van der Waals surface area contributed by atoms with E-state index in [-0.39, 0.29) is 17.6 Å². The minimum absolute atomic E-state index is 0.0697. The Balaban J connectivity index is 1.37. The van der Waals surface area contributed by atoms with Gasteiger partial charge >= 0.3 is 5.97 Å². The largest absolute Gasteiger partial charge is 0.466 e. The molecule has 9 heteroatoms. The van der Waals surface area contributed by atoms with Crippen molar-refractivity contribution in [3.8, 4) is 22.5 Å². The van der Waals surface area contributed by atoms with Gasteiger partial charge in [-0.15, -0.1) is 10.2 Å². The van der Waals surface area contributed by atoms with E-state index in [0.717, 1.165) is 111 Å². The minimum atomic E-state index is -0.639. The van der Waals surface area contributed by atoms with Crippen molar-refractivity contribution in [2.75, 3.05) is 6.61 Å². The zero-order valence-corrected chi connectivity index (χ0v) is 26.1. The third-order valence-electron chi connectivity index (χ3n) is 9.77. The molecule has 1 aliphatic carbocycles. The van der Waals surface area contributed by atoms with Crippen LogP contribution >= 0.6 is 0 Å². The van der Waals surface area contributed by atoms with Crippen molar-refractivity contribution in [1.29, 1.82) is 0 Å². The lowest BCUT2D eigenvalue weighted by atomic mass is 9.72. The molecular weight excluding hydrogens is 552 g/mol. The Hall–Kier alpha value is -4.01. The molecule has 2 aromatic carbocycles. The molecule has 0 radical (unpaired) electrons. The van der Waals surface area contributed by atoms with Crippen molar-refractivity contribution < 1.29 is 9.53 Å². The van der Waals surface area contributed by atoms with Gasteiger partial charge in [0.1, 0.15) is 0 Å². The number of rotatable bonds is 10. The van der Waals surface area contributed by atoms with Gasteiger partial charge in [0, 0.05) is 29.8 Å². The van der Waals surface area contributed by atoms with Crippen molar-refractivity contribution in [2.24, 2.45) is 5.41 Å². The number of benzene rings is 2. The summed E-state index contributed by atoms with van der Waals surface area (Å²) in [5.41, 5.74) is 5.53. The lowest BCUT2D eigenvalue weighted by molar-refractivity contribution is -0.161. The average Bonchev–Trinajstić information content (AvgIpc) is 3.59. The Morgan fingerprint density at radius 1 is 1.00 bits per heavy atom. The van der Waals surface area contributed by atoms with Gasteiger partial charge in [-0.2, -0.15) is 5.21 Å². The summed E-state index contributed by atoms with van der Waals surface area (Å²) in [5.74, 6) is 0.447. The number of carbonyl (C=O) groups excluding carboxylic acids is 1. The van der Waals surface area contributed by atoms with Crippen molar-refractivity contribution in [2.45, 2.75) is 103 Å². The molecule has 1 aliphatic heterocycles. The monoisotopic (exact) mass is 596 g/mol. The Morgan fingerprint density at radius 3 is 2.43 bits per heavy atom. The number of tetrazole rings is 1. The fourth-order valence-corrected chi connectivity index (χ4v) is 7.60. The molecule has 0 amide bonds.